The van der Waals surface area contributed by atoms with E-state index in [1.807, 2.05) is 0 Å². The SMILES string of the molecule is CCCNC(Cc1ccccc1)c1cc(C)ccc1C. The summed E-state index contributed by atoms with van der Waals surface area (Å²) in [5, 5.41) is 3.70. The Morgan fingerprint density at radius 2 is 1.75 bits per heavy atom. The van der Waals surface area contributed by atoms with Crippen LogP contribution >= 0.6 is 0 Å². The van der Waals surface area contributed by atoms with E-state index in [9.17, 15) is 0 Å². The minimum atomic E-state index is 0.400. The summed E-state index contributed by atoms with van der Waals surface area (Å²) in [4.78, 5) is 0. The van der Waals surface area contributed by atoms with Crippen LogP contribution in [0.15, 0.2) is 48.5 Å². The minimum absolute atomic E-state index is 0.400. The third kappa shape index (κ3) is 3.94. The number of hydrogen-bond donors (Lipinski definition) is 1. The lowest BCUT2D eigenvalue weighted by Crippen LogP contribution is -2.25. The molecule has 0 spiro atoms. The van der Waals surface area contributed by atoms with Crippen molar-refractivity contribution >= 4 is 0 Å². The standard InChI is InChI=1S/C19H25N/c1-4-12-20-19(14-17-8-6-5-7-9-17)18-13-15(2)10-11-16(18)3/h5-11,13,19-20H,4,12,14H2,1-3H3. The molecule has 1 atom stereocenters. The van der Waals surface area contributed by atoms with Gasteiger partial charge in [-0.3, -0.25) is 0 Å². The molecule has 1 unspecified atom stereocenters. The predicted molar refractivity (Wildman–Crippen MR) is 87.1 cm³/mol. The van der Waals surface area contributed by atoms with Gasteiger partial charge in [-0.05, 0) is 49.9 Å². The first-order valence-corrected chi connectivity index (χ1v) is 7.55. The van der Waals surface area contributed by atoms with E-state index in [0.717, 1.165) is 19.4 Å². The van der Waals surface area contributed by atoms with E-state index in [0.29, 0.717) is 6.04 Å². The second-order valence-electron chi connectivity index (χ2n) is 5.56. The van der Waals surface area contributed by atoms with Crippen molar-refractivity contribution in [3.05, 3.63) is 70.8 Å². The summed E-state index contributed by atoms with van der Waals surface area (Å²) in [5.41, 5.74) is 5.53. The van der Waals surface area contributed by atoms with Crippen LogP contribution in [-0.2, 0) is 6.42 Å². The molecule has 2 rings (SSSR count). The third-order valence-corrected chi connectivity index (χ3v) is 3.73. The molecule has 0 saturated carbocycles. The zero-order valence-electron chi connectivity index (χ0n) is 12.8. The molecule has 0 bridgehead atoms. The smallest absolute Gasteiger partial charge is 0.0363 e. The van der Waals surface area contributed by atoms with E-state index in [-0.39, 0.29) is 0 Å². The summed E-state index contributed by atoms with van der Waals surface area (Å²) < 4.78 is 0. The highest BCUT2D eigenvalue weighted by molar-refractivity contribution is 5.34. The van der Waals surface area contributed by atoms with Gasteiger partial charge in [0.15, 0.2) is 0 Å². The highest BCUT2D eigenvalue weighted by Crippen LogP contribution is 2.23. The molecule has 0 saturated heterocycles. The largest absolute Gasteiger partial charge is 0.310 e. The van der Waals surface area contributed by atoms with Crippen LogP contribution in [0.5, 0.6) is 0 Å². The van der Waals surface area contributed by atoms with Crippen molar-refractivity contribution in [3.8, 4) is 0 Å². The molecule has 2 aromatic carbocycles. The van der Waals surface area contributed by atoms with Crippen molar-refractivity contribution in [1.82, 2.24) is 5.32 Å². The average molecular weight is 267 g/mol. The molecule has 2 aromatic rings. The lowest BCUT2D eigenvalue weighted by Gasteiger charge is -2.21. The molecule has 1 heteroatoms. The quantitative estimate of drug-likeness (QED) is 0.807. The van der Waals surface area contributed by atoms with E-state index in [1.54, 1.807) is 0 Å². The Morgan fingerprint density at radius 3 is 2.45 bits per heavy atom. The van der Waals surface area contributed by atoms with Gasteiger partial charge in [-0.25, -0.2) is 0 Å². The summed E-state index contributed by atoms with van der Waals surface area (Å²) in [7, 11) is 0. The lowest BCUT2D eigenvalue weighted by molar-refractivity contribution is 0.527. The third-order valence-electron chi connectivity index (χ3n) is 3.73. The number of hydrogen-bond acceptors (Lipinski definition) is 1. The van der Waals surface area contributed by atoms with Gasteiger partial charge in [-0.15, -0.1) is 0 Å². The molecule has 0 fully saturated rings. The Morgan fingerprint density at radius 1 is 1.00 bits per heavy atom. The van der Waals surface area contributed by atoms with Crippen LogP contribution in [0.4, 0.5) is 0 Å². The van der Waals surface area contributed by atoms with E-state index in [2.05, 4.69) is 74.6 Å². The number of rotatable bonds is 6. The molecular formula is C19H25N. The molecule has 0 aliphatic carbocycles. The summed E-state index contributed by atoms with van der Waals surface area (Å²) in [6.07, 6.45) is 2.21. The van der Waals surface area contributed by atoms with Gasteiger partial charge in [-0.1, -0.05) is 61.0 Å². The molecule has 0 aliphatic heterocycles. The van der Waals surface area contributed by atoms with Crippen molar-refractivity contribution in [2.24, 2.45) is 0 Å². The molecule has 0 aliphatic rings. The zero-order valence-corrected chi connectivity index (χ0v) is 12.8. The molecule has 20 heavy (non-hydrogen) atoms. The van der Waals surface area contributed by atoms with Crippen molar-refractivity contribution in [1.29, 1.82) is 0 Å². The van der Waals surface area contributed by atoms with Gasteiger partial charge in [0, 0.05) is 6.04 Å². The summed E-state index contributed by atoms with van der Waals surface area (Å²) in [5.74, 6) is 0. The Kier molecular flexibility index (Phi) is 5.37. The Balaban J connectivity index is 2.24. The van der Waals surface area contributed by atoms with Gasteiger partial charge in [0.2, 0.25) is 0 Å². The van der Waals surface area contributed by atoms with Gasteiger partial charge in [0.25, 0.3) is 0 Å². The Labute approximate surface area is 123 Å². The highest BCUT2D eigenvalue weighted by atomic mass is 14.9. The highest BCUT2D eigenvalue weighted by Gasteiger charge is 2.13. The topological polar surface area (TPSA) is 12.0 Å². The fraction of sp³-hybridized carbons (Fsp3) is 0.368. The summed E-state index contributed by atoms with van der Waals surface area (Å²) >= 11 is 0. The van der Waals surface area contributed by atoms with Crippen LogP contribution in [0.1, 0.15) is 41.6 Å². The van der Waals surface area contributed by atoms with Crippen LogP contribution in [0.2, 0.25) is 0 Å². The second kappa shape index (κ2) is 7.25. The molecule has 0 amide bonds. The van der Waals surface area contributed by atoms with Crippen molar-refractivity contribution < 1.29 is 0 Å². The van der Waals surface area contributed by atoms with Crippen LogP contribution in [0.25, 0.3) is 0 Å². The van der Waals surface area contributed by atoms with E-state index in [4.69, 9.17) is 0 Å². The van der Waals surface area contributed by atoms with Gasteiger partial charge in [-0.2, -0.15) is 0 Å². The maximum absolute atomic E-state index is 3.70. The molecule has 0 heterocycles. The van der Waals surface area contributed by atoms with Crippen LogP contribution in [-0.4, -0.2) is 6.54 Å². The monoisotopic (exact) mass is 267 g/mol. The lowest BCUT2D eigenvalue weighted by atomic mass is 9.94. The van der Waals surface area contributed by atoms with E-state index < -0.39 is 0 Å². The first-order chi connectivity index (χ1) is 9.70. The zero-order chi connectivity index (χ0) is 14.4. The number of aryl methyl sites for hydroxylation is 2. The van der Waals surface area contributed by atoms with Gasteiger partial charge in [0.1, 0.15) is 0 Å². The Hall–Kier alpha value is -1.60. The number of nitrogens with one attached hydrogen (secondary N) is 1. The molecule has 0 aromatic heterocycles. The van der Waals surface area contributed by atoms with Crippen LogP contribution < -0.4 is 5.32 Å². The van der Waals surface area contributed by atoms with Crippen LogP contribution in [0.3, 0.4) is 0 Å². The molecular weight excluding hydrogens is 242 g/mol. The normalized spacial score (nSPS) is 12.3. The summed E-state index contributed by atoms with van der Waals surface area (Å²) in [6.45, 7) is 7.66. The van der Waals surface area contributed by atoms with Crippen molar-refractivity contribution in [2.45, 2.75) is 39.7 Å². The fourth-order valence-electron chi connectivity index (χ4n) is 2.60. The van der Waals surface area contributed by atoms with E-state index >= 15 is 0 Å². The maximum Gasteiger partial charge on any atom is 0.0363 e. The first-order valence-electron chi connectivity index (χ1n) is 7.55. The molecule has 106 valence electrons. The van der Waals surface area contributed by atoms with Crippen molar-refractivity contribution in [3.63, 3.8) is 0 Å². The minimum Gasteiger partial charge on any atom is -0.310 e. The van der Waals surface area contributed by atoms with Gasteiger partial charge in [0.05, 0.1) is 0 Å². The van der Waals surface area contributed by atoms with E-state index in [1.165, 1.54) is 22.3 Å². The first kappa shape index (κ1) is 14.8. The van der Waals surface area contributed by atoms with Gasteiger partial charge >= 0.3 is 0 Å². The predicted octanol–water partition coefficient (Wildman–Crippen LogP) is 4.59. The Bertz CT molecular complexity index is 531. The second-order valence-corrected chi connectivity index (χ2v) is 5.56. The van der Waals surface area contributed by atoms with Crippen molar-refractivity contribution in [2.75, 3.05) is 6.54 Å². The molecule has 1 nitrogen and oxygen atoms in total. The van der Waals surface area contributed by atoms with Gasteiger partial charge < -0.3 is 5.32 Å². The summed E-state index contributed by atoms with van der Waals surface area (Å²) in [6, 6.07) is 17.9. The average Bonchev–Trinajstić information content (AvgIpc) is 2.47. The van der Waals surface area contributed by atoms with Crippen LogP contribution in [0, 0.1) is 13.8 Å². The molecule has 0 radical (unpaired) electrons. The maximum atomic E-state index is 3.70. The number of benzene rings is 2. The molecule has 1 N–H and O–H groups in total. The fourth-order valence-corrected chi connectivity index (χ4v) is 2.60.